The summed E-state index contributed by atoms with van der Waals surface area (Å²) >= 11 is 0. The number of carbonyl (C=O) groups excluding carboxylic acids is 1. The lowest BCUT2D eigenvalue weighted by Crippen LogP contribution is -2.56. The van der Waals surface area contributed by atoms with Crippen molar-refractivity contribution in [2.75, 3.05) is 6.61 Å². The van der Waals surface area contributed by atoms with Crippen molar-refractivity contribution in [3.8, 4) is 0 Å². The van der Waals surface area contributed by atoms with Gasteiger partial charge in [0.05, 0.1) is 0 Å². The van der Waals surface area contributed by atoms with Crippen LogP contribution in [0, 0.1) is 0 Å². The molecule has 68 valence electrons. The number of ketones is 1. The van der Waals surface area contributed by atoms with Crippen LogP contribution in [0.3, 0.4) is 0 Å². The molecule has 0 bridgehead atoms. The maximum atomic E-state index is 10.9. The number of carboxylic acid groups (broad SMARTS) is 1. The van der Waals surface area contributed by atoms with Gasteiger partial charge in [-0.2, -0.15) is 0 Å². The van der Waals surface area contributed by atoms with Crippen molar-refractivity contribution in [1.29, 1.82) is 0 Å². The third kappa shape index (κ3) is 1.90. The van der Waals surface area contributed by atoms with Gasteiger partial charge in [-0.05, 0) is 13.0 Å². The molecule has 0 spiro atoms. The highest BCUT2D eigenvalue weighted by Crippen LogP contribution is 2.05. The van der Waals surface area contributed by atoms with Crippen LogP contribution in [0.5, 0.6) is 0 Å². The quantitative estimate of drug-likeness (QED) is 0.333. The second kappa shape index (κ2) is 3.99. The van der Waals surface area contributed by atoms with E-state index in [9.17, 15) is 9.59 Å². The van der Waals surface area contributed by atoms with E-state index in [0.717, 1.165) is 6.08 Å². The maximum absolute atomic E-state index is 10.9. The number of rotatable bonds is 5. The monoisotopic (exact) mass is 173 g/mol. The Balaban J connectivity index is 4.72. The molecule has 12 heavy (non-hydrogen) atoms. The molecular weight excluding hydrogens is 162 g/mol. The Kier molecular flexibility index (Phi) is 3.59. The van der Waals surface area contributed by atoms with Crippen molar-refractivity contribution >= 4 is 11.8 Å². The first kappa shape index (κ1) is 10.8. The van der Waals surface area contributed by atoms with Crippen molar-refractivity contribution in [1.82, 2.24) is 0 Å². The van der Waals surface area contributed by atoms with Crippen LogP contribution in [0.2, 0.25) is 0 Å². The van der Waals surface area contributed by atoms with Gasteiger partial charge in [-0.3, -0.25) is 10.5 Å². The van der Waals surface area contributed by atoms with Crippen LogP contribution >= 0.6 is 0 Å². The van der Waals surface area contributed by atoms with Gasteiger partial charge in [-0.25, -0.2) is 4.79 Å². The van der Waals surface area contributed by atoms with Gasteiger partial charge in [0.1, 0.15) is 0 Å². The summed E-state index contributed by atoms with van der Waals surface area (Å²) in [5.74, 6) is -2.38. The number of ether oxygens (including phenoxy) is 1. The molecule has 0 fully saturated rings. The van der Waals surface area contributed by atoms with E-state index in [1.54, 1.807) is 6.92 Å². The molecule has 0 aromatic carbocycles. The fourth-order valence-electron chi connectivity index (χ4n) is 0.618. The van der Waals surface area contributed by atoms with E-state index in [4.69, 9.17) is 10.8 Å². The lowest BCUT2D eigenvalue weighted by molar-refractivity contribution is -0.169. The lowest BCUT2D eigenvalue weighted by Gasteiger charge is -2.20. The van der Waals surface area contributed by atoms with E-state index in [-0.39, 0.29) is 6.61 Å². The predicted octanol–water partition coefficient (Wildman–Crippen LogP) is -0.482. The molecule has 0 rings (SSSR count). The van der Waals surface area contributed by atoms with Gasteiger partial charge in [-0.15, -0.1) is 0 Å². The van der Waals surface area contributed by atoms with Crippen molar-refractivity contribution in [3.63, 3.8) is 0 Å². The van der Waals surface area contributed by atoms with Gasteiger partial charge in [0.25, 0.3) is 5.72 Å². The predicted molar refractivity (Wildman–Crippen MR) is 41.4 cm³/mol. The number of carboxylic acids is 1. The van der Waals surface area contributed by atoms with Crippen LogP contribution in [0.1, 0.15) is 6.92 Å². The van der Waals surface area contributed by atoms with Gasteiger partial charge in [-0.1, -0.05) is 6.58 Å². The van der Waals surface area contributed by atoms with Crippen LogP contribution in [0.25, 0.3) is 0 Å². The molecule has 0 saturated heterocycles. The van der Waals surface area contributed by atoms with Gasteiger partial charge in [0.15, 0.2) is 0 Å². The number of carbonyl (C=O) groups is 2. The Hall–Kier alpha value is -1.20. The summed E-state index contributed by atoms with van der Waals surface area (Å²) in [6.45, 7) is 4.71. The summed E-state index contributed by atoms with van der Waals surface area (Å²) in [5, 5.41) is 8.55. The molecule has 5 nitrogen and oxygen atoms in total. The second-order valence-corrected chi connectivity index (χ2v) is 2.04. The molecule has 1 unspecified atom stereocenters. The number of aliphatic carboxylic acids is 1. The summed E-state index contributed by atoms with van der Waals surface area (Å²) in [5.41, 5.74) is 2.88. The fourth-order valence-corrected chi connectivity index (χ4v) is 0.618. The molecule has 0 aliphatic rings. The molecule has 0 radical (unpaired) electrons. The summed E-state index contributed by atoms with van der Waals surface area (Å²) in [4.78, 5) is 21.4. The molecule has 0 saturated carbocycles. The highest BCUT2D eigenvalue weighted by molar-refractivity contribution is 6.10. The van der Waals surface area contributed by atoms with Crippen molar-refractivity contribution in [3.05, 3.63) is 12.7 Å². The lowest BCUT2D eigenvalue weighted by atomic mass is 10.1. The zero-order valence-electron chi connectivity index (χ0n) is 6.74. The van der Waals surface area contributed by atoms with Crippen molar-refractivity contribution < 1.29 is 19.4 Å². The fraction of sp³-hybridized carbons (Fsp3) is 0.429. The molecule has 0 aromatic rings. The Morgan fingerprint density at radius 2 is 2.25 bits per heavy atom. The van der Waals surface area contributed by atoms with E-state index >= 15 is 0 Å². The number of nitrogens with two attached hydrogens (primary N) is 1. The average Bonchev–Trinajstić information content (AvgIpc) is 2.03. The van der Waals surface area contributed by atoms with E-state index < -0.39 is 17.5 Å². The minimum absolute atomic E-state index is 0.0440. The zero-order valence-corrected chi connectivity index (χ0v) is 6.74. The van der Waals surface area contributed by atoms with Crippen molar-refractivity contribution in [2.24, 2.45) is 5.73 Å². The third-order valence-corrected chi connectivity index (χ3v) is 1.24. The van der Waals surface area contributed by atoms with Crippen LogP contribution in [0.4, 0.5) is 0 Å². The SMILES string of the molecule is C=CC(=O)C(N)(OCC)C(=O)O. The second-order valence-electron chi connectivity index (χ2n) is 2.04. The molecule has 1 atom stereocenters. The normalized spacial score (nSPS) is 14.8. The van der Waals surface area contributed by atoms with Gasteiger partial charge >= 0.3 is 5.97 Å². The van der Waals surface area contributed by atoms with Gasteiger partial charge < -0.3 is 9.84 Å². The van der Waals surface area contributed by atoms with Crippen LogP contribution < -0.4 is 5.73 Å². The van der Waals surface area contributed by atoms with Gasteiger partial charge in [0, 0.05) is 6.61 Å². The molecule has 0 aliphatic carbocycles. The van der Waals surface area contributed by atoms with E-state index in [0.29, 0.717) is 0 Å². The molecule has 5 heteroatoms. The topological polar surface area (TPSA) is 89.6 Å². The maximum Gasteiger partial charge on any atom is 0.359 e. The third-order valence-electron chi connectivity index (χ3n) is 1.24. The van der Waals surface area contributed by atoms with Crippen LogP contribution in [-0.2, 0) is 14.3 Å². The Morgan fingerprint density at radius 3 is 2.50 bits per heavy atom. The summed E-state index contributed by atoms with van der Waals surface area (Å²) in [7, 11) is 0. The average molecular weight is 173 g/mol. The van der Waals surface area contributed by atoms with Crippen LogP contribution in [0.15, 0.2) is 12.7 Å². The first-order valence-electron chi connectivity index (χ1n) is 3.32. The van der Waals surface area contributed by atoms with E-state index in [1.807, 2.05) is 0 Å². The molecule has 0 aromatic heterocycles. The number of hydrogen-bond acceptors (Lipinski definition) is 4. The van der Waals surface area contributed by atoms with Gasteiger partial charge in [0.2, 0.25) is 5.78 Å². The first-order valence-corrected chi connectivity index (χ1v) is 3.32. The standard InChI is InChI=1S/C7H11NO4/c1-3-5(9)7(8,6(10)11)12-4-2/h3H,1,4,8H2,2H3,(H,10,11). The minimum Gasteiger partial charge on any atom is -0.478 e. The highest BCUT2D eigenvalue weighted by Gasteiger charge is 2.41. The van der Waals surface area contributed by atoms with Crippen LogP contribution in [-0.4, -0.2) is 29.2 Å². The number of hydrogen-bond donors (Lipinski definition) is 2. The largest absolute Gasteiger partial charge is 0.478 e. The first-order chi connectivity index (χ1) is 5.49. The molecule has 0 heterocycles. The molecule has 0 amide bonds. The Bertz CT molecular complexity index is 213. The van der Waals surface area contributed by atoms with E-state index in [1.165, 1.54) is 0 Å². The molecular formula is C7H11NO4. The summed E-state index contributed by atoms with van der Waals surface area (Å²) < 4.78 is 4.60. The zero-order chi connectivity index (χ0) is 9.78. The Morgan fingerprint density at radius 1 is 1.75 bits per heavy atom. The molecule has 3 N–H and O–H groups in total. The van der Waals surface area contributed by atoms with E-state index in [2.05, 4.69) is 11.3 Å². The minimum atomic E-state index is -2.28. The highest BCUT2D eigenvalue weighted by atomic mass is 16.5. The summed E-state index contributed by atoms with van der Waals surface area (Å²) in [6.07, 6.45) is 0.823. The molecule has 0 aliphatic heterocycles. The summed E-state index contributed by atoms with van der Waals surface area (Å²) in [6, 6.07) is 0. The Labute approximate surface area is 69.8 Å². The van der Waals surface area contributed by atoms with Crippen molar-refractivity contribution in [2.45, 2.75) is 12.6 Å². The smallest absolute Gasteiger partial charge is 0.359 e.